The summed E-state index contributed by atoms with van der Waals surface area (Å²) in [6.45, 7) is 6.70. The third-order valence-electron chi connectivity index (χ3n) is 7.24. The van der Waals surface area contributed by atoms with Crippen LogP contribution in [0.5, 0.6) is 11.5 Å². The molecule has 7 nitrogen and oxygen atoms in total. The van der Waals surface area contributed by atoms with Crippen molar-refractivity contribution >= 4 is 16.9 Å². The van der Waals surface area contributed by atoms with Gasteiger partial charge in [0.15, 0.2) is 17.1 Å². The Morgan fingerprint density at radius 3 is 2.24 bits per heavy atom. The number of imidazole rings is 1. The second kappa shape index (κ2) is 7.74. The van der Waals surface area contributed by atoms with E-state index in [1.54, 1.807) is 14.2 Å². The van der Waals surface area contributed by atoms with Crippen LogP contribution in [0.25, 0.3) is 33.8 Å². The van der Waals surface area contributed by atoms with Crippen LogP contribution in [-0.2, 0) is 7.05 Å². The highest BCUT2D eigenvalue weighted by Crippen LogP contribution is 2.38. The third kappa shape index (κ3) is 3.22. The Hall–Kier alpha value is -3.58. The second-order valence-electron chi connectivity index (χ2n) is 9.57. The van der Waals surface area contributed by atoms with E-state index in [4.69, 9.17) is 19.4 Å². The van der Waals surface area contributed by atoms with E-state index in [-0.39, 0.29) is 0 Å². The largest absolute Gasteiger partial charge is 0.493 e. The van der Waals surface area contributed by atoms with E-state index in [9.17, 15) is 0 Å². The first-order chi connectivity index (χ1) is 16.5. The molecule has 2 saturated heterocycles. The van der Waals surface area contributed by atoms with E-state index >= 15 is 0 Å². The molecule has 0 atom stereocenters. The molecular weight excluding hydrogens is 426 g/mol. The normalized spacial score (nSPS) is 16.4. The van der Waals surface area contributed by atoms with Crippen LogP contribution in [0.3, 0.4) is 0 Å². The molecule has 4 aromatic rings. The number of rotatable bonds is 5. The highest BCUT2D eigenvalue weighted by molar-refractivity contribution is 5.83. The van der Waals surface area contributed by atoms with Gasteiger partial charge in [-0.3, -0.25) is 0 Å². The molecule has 6 rings (SSSR count). The Bertz CT molecular complexity index is 1380. The highest BCUT2D eigenvalue weighted by Gasteiger charge is 2.47. The van der Waals surface area contributed by atoms with Gasteiger partial charge in [0.1, 0.15) is 11.3 Å². The SMILES string of the molecule is COc1ccc(-c2nc3c(C)cc(-c4ccc(N5CC6(CNC6)C5)cc4)nc3n2C)cc1OC. The second-order valence-corrected chi connectivity index (χ2v) is 9.57. The lowest BCUT2D eigenvalue weighted by molar-refractivity contribution is 0.121. The molecule has 0 aliphatic carbocycles. The minimum Gasteiger partial charge on any atom is -0.493 e. The molecule has 0 saturated carbocycles. The zero-order chi connectivity index (χ0) is 23.4. The lowest BCUT2D eigenvalue weighted by Crippen LogP contribution is -2.71. The van der Waals surface area contributed by atoms with E-state index in [1.807, 2.05) is 29.8 Å². The van der Waals surface area contributed by atoms with Crippen LogP contribution >= 0.6 is 0 Å². The van der Waals surface area contributed by atoms with Crippen LogP contribution in [0.4, 0.5) is 5.69 Å². The van der Waals surface area contributed by atoms with Crippen LogP contribution < -0.4 is 19.7 Å². The van der Waals surface area contributed by atoms with Crippen LogP contribution in [0.1, 0.15) is 5.56 Å². The first kappa shape index (κ1) is 21.0. The van der Waals surface area contributed by atoms with Crippen molar-refractivity contribution in [1.29, 1.82) is 0 Å². The van der Waals surface area contributed by atoms with Crippen molar-refractivity contribution in [3.05, 3.63) is 54.1 Å². The summed E-state index contributed by atoms with van der Waals surface area (Å²) in [6, 6.07) is 16.8. The summed E-state index contributed by atoms with van der Waals surface area (Å²) in [4.78, 5) is 12.4. The number of anilines is 1. The van der Waals surface area contributed by atoms with Gasteiger partial charge >= 0.3 is 0 Å². The van der Waals surface area contributed by atoms with Crippen molar-refractivity contribution in [2.75, 3.05) is 45.3 Å². The van der Waals surface area contributed by atoms with Crippen LogP contribution in [0.15, 0.2) is 48.5 Å². The van der Waals surface area contributed by atoms with Gasteiger partial charge in [0, 0.05) is 55.5 Å². The van der Waals surface area contributed by atoms with E-state index in [0.29, 0.717) is 16.9 Å². The van der Waals surface area contributed by atoms with Crippen LogP contribution in [0, 0.1) is 12.3 Å². The molecule has 0 bridgehead atoms. The summed E-state index contributed by atoms with van der Waals surface area (Å²) in [6.07, 6.45) is 0. The van der Waals surface area contributed by atoms with Gasteiger partial charge in [-0.15, -0.1) is 0 Å². The van der Waals surface area contributed by atoms with E-state index in [2.05, 4.69) is 47.5 Å². The van der Waals surface area contributed by atoms with Gasteiger partial charge in [0.2, 0.25) is 0 Å². The first-order valence-corrected chi connectivity index (χ1v) is 11.6. The fraction of sp³-hybridized carbons (Fsp3) is 0.333. The number of methoxy groups -OCH3 is 2. The lowest BCUT2D eigenvalue weighted by atomic mass is 9.74. The predicted octanol–water partition coefficient (Wildman–Crippen LogP) is 4.04. The molecule has 2 aromatic heterocycles. The zero-order valence-electron chi connectivity index (χ0n) is 20.1. The molecule has 2 fully saturated rings. The number of nitrogens with zero attached hydrogens (tertiary/aromatic N) is 4. The maximum atomic E-state index is 5.49. The fourth-order valence-corrected chi connectivity index (χ4v) is 5.17. The van der Waals surface area contributed by atoms with Crippen molar-refractivity contribution in [2.24, 2.45) is 12.5 Å². The van der Waals surface area contributed by atoms with Gasteiger partial charge in [0.25, 0.3) is 0 Å². The molecule has 0 unspecified atom stereocenters. The van der Waals surface area contributed by atoms with Crippen molar-refractivity contribution in [3.8, 4) is 34.1 Å². The minimum absolute atomic E-state index is 0.521. The summed E-state index contributed by atoms with van der Waals surface area (Å²) in [5, 5.41) is 3.40. The van der Waals surface area contributed by atoms with Gasteiger partial charge in [-0.25, -0.2) is 9.97 Å². The topological polar surface area (TPSA) is 64.4 Å². The number of ether oxygens (including phenoxy) is 2. The number of hydrogen-bond acceptors (Lipinski definition) is 6. The molecule has 4 heterocycles. The summed E-state index contributed by atoms with van der Waals surface area (Å²) < 4.78 is 12.9. The molecule has 7 heteroatoms. The standard InChI is InChI=1S/C27H29N5O2/c1-17-11-21(18-5-8-20(9-6-18)32-15-27(16-32)13-28-14-27)29-26-24(17)30-25(31(26)2)19-7-10-22(33-3)23(12-19)34-4/h5-12,28H,13-16H2,1-4H3. The van der Waals surface area contributed by atoms with Gasteiger partial charge in [0.05, 0.1) is 19.9 Å². The van der Waals surface area contributed by atoms with Crippen molar-refractivity contribution < 1.29 is 9.47 Å². The van der Waals surface area contributed by atoms with Crippen LogP contribution in [-0.4, -0.2) is 54.9 Å². The quantitative estimate of drug-likeness (QED) is 0.490. The minimum atomic E-state index is 0.521. The van der Waals surface area contributed by atoms with E-state index in [0.717, 1.165) is 65.6 Å². The summed E-state index contributed by atoms with van der Waals surface area (Å²) >= 11 is 0. The van der Waals surface area contributed by atoms with Crippen molar-refractivity contribution in [3.63, 3.8) is 0 Å². The van der Waals surface area contributed by atoms with Gasteiger partial charge < -0.3 is 24.3 Å². The number of fused-ring (bicyclic) bond motifs is 1. The van der Waals surface area contributed by atoms with Crippen LogP contribution in [0.2, 0.25) is 0 Å². The predicted molar refractivity (Wildman–Crippen MR) is 135 cm³/mol. The number of aromatic nitrogens is 3. The third-order valence-corrected chi connectivity index (χ3v) is 7.24. The van der Waals surface area contributed by atoms with Gasteiger partial charge in [-0.2, -0.15) is 0 Å². The van der Waals surface area contributed by atoms with Gasteiger partial charge in [-0.1, -0.05) is 12.1 Å². The molecule has 2 aliphatic heterocycles. The molecular formula is C27H29N5O2. The maximum Gasteiger partial charge on any atom is 0.161 e. The first-order valence-electron chi connectivity index (χ1n) is 11.6. The average Bonchev–Trinajstić information content (AvgIpc) is 3.14. The number of hydrogen-bond donors (Lipinski definition) is 1. The Morgan fingerprint density at radius 2 is 1.59 bits per heavy atom. The molecule has 34 heavy (non-hydrogen) atoms. The highest BCUT2D eigenvalue weighted by atomic mass is 16.5. The number of nitrogens with one attached hydrogen (secondary N) is 1. The Balaban J connectivity index is 1.33. The Labute approximate surface area is 199 Å². The maximum absolute atomic E-state index is 5.49. The molecule has 2 aliphatic rings. The summed E-state index contributed by atoms with van der Waals surface area (Å²) in [7, 11) is 5.29. The fourth-order valence-electron chi connectivity index (χ4n) is 5.17. The average molecular weight is 456 g/mol. The van der Waals surface area contributed by atoms with E-state index < -0.39 is 0 Å². The van der Waals surface area contributed by atoms with E-state index in [1.165, 1.54) is 5.69 Å². The molecule has 0 radical (unpaired) electrons. The van der Waals surface area contributed by atoms with Gasteiger partial charge in [-0.05, 0) is 48.9 Å². The number of pyridine rings is 1. The number of benzene rings is 2. The molecule has 2 aromatic carbocycles. The monoisotopic (exact) mass is 455 g/mol. The molecule has 1 N–H and O–H groups in total. The van der Waals surface area contributed by atoms with Crippen molar-refractivity contribution in [1.82, 2.24) is 19.9 Å². The van der Waals surface area contributed by atoms with Crippen molar-refractivity contribution in [2.45, 2.75) is 6.92 Å². The summed E-state index contributed by atoms with van der Waals surface area (Å²) in [5.41, 5.74) is 7.72. The summed E-state index contributed by atoms with van der Waals surface area (Å²) in [5.74, 6) is 2.22. The molecule has 174 valence electrons. The smallest absolute Gasteiger partial charge is 0.161 e. The molecule has 1 spiro atoms. The zero-order valence-corrected chi connectivity index (χ0v) is 20.1. The number of aryl methyl sites for hydroxylation is 2. The molecule has 0 amide bonds. The Kier molecular flexibility index (Phi) is 4.78. The Morgan fingerprint density at radius 1 is 0.882 bits per heavy atom. The lowest BCUT2D eigenvalue weighted by Gasteiger charge is -2.57.